The molecule has 6 aromatic rings. The van der Waals surface area contributed by atoms with Crippen molar-refractivity contribution in [3.63, 3.8) is 0 Å². The van der Waals surface area contributed by atoms with Crippen molar-refractivity contribution in [2.75, 3.05) is 0 Å². The lowest BCUT2D eigenvalue weighted by Gasteiger charge is -2.28. The third-order valence-corrected chi connectivity index (χ3v) is 10.5. The summed E-state index contributed by atoms with van der Waals surface area (Å²) in [6, 6.07) is 41.5. The molecule has 9 rings (SSSR count). The molecule has 276 valence electrons. The largest absolute Gasteiger partial charge is 0.329 e. The lowest BCUT2D eigenvalue weighted by atomic mass is 10.0. The van der Waals surface area contributed by atoms with Crippen molar-refractivity contribution in [2.45, 2.75) is 52.4 Å². The van der Waals surface area contributed by atoms with Crippen LogP contribution in [0.5, 0.6) is 0 Å². The number of carbonyl (C=O) groups excluding carboxylic acids is 4. The quantitative estimate of drug-likeness (QED) is 0.170. The molecule has 4 amide bonds. The van der Waals surface area contributed by atoms with Crippen LogP contribution in [-0.2, 0) is 52.4 Å². The van der Waals surface area contributed by atoms with Gasteiger partial charge in [-0.05, 0) is 68.8 Å². The summed E-state index contributed by atoms with van der Waals surface area (Å²) in [6.07, 6.45) is 0. The zero-order valence-corrected chi connectivity index (χ0v) is 30.7. The fourth-order valence-electron chi connectivity index (χ4n) is 7.86. The highest BCUT2D eigenvalue weighted by Crippen LogP contribution is 2.24. The predicted octanol–water partition coefficient (Wildman–Crippen LogP) is 6.79. The Balaban J connectivity index is 1.22. The Labute approximate surface area is 324 Å². The van der Waals surface area contributed by atoms with Crippen molar-refractivity contribution >= 4 is 23.6 Å². The van der Waals surface area contributed by atoms with Crippen LogP contribution in [0.2, 0.25) is 0 Å². The molecule has 0 fully saturated rings. The molecule has 3 aliphatic rings. The van der Waals surface area contributed by atoms with Crippen LogP contribution in [0.4, 0.5) is 0 Å². The zero-order chi connectivity index (χ0) is 38.2. The Morgan fingerprint density at radius 1 is 0.286 bits per heavy atom. The molecule has 56 heavy (non-hydrogen) atoms. The molecule has 0 N–H and O–H groups in total. The van der Waals surface area contributed by atoms with E-state index in [0.29, 0.717) is 0 Å². The first-order valence-electron chi connectivity index (χ1n) is 18.7. The molecule has 2 aromatic heterocycles. The maximum absolute atomic E-state index is 14.5. The Morgan fingerprint density at radius 2 is 0.464 bits per heavy atom. The summed E-state index contributed by atoms with van der Waals surface area (Å²) in [5.74, 6) is -1.17. The van der Waals surface area contributed by atoms with Crippen molar-refractivity contribution in [1.29, 1.82) is 0 Å². The van der Waals surface area contributed by atoms with Gasteiger partial charge in [0.05, 0.1) is 0 Å². The van der Waals surface area contributed by atoms with Gasteiger partial charge in [-0.3, -0.25) is 19.2 Å². The summed E-state index contributed by atoms with van der Waals surface area (Å²) in [7, 11) is 0. The zero-order valence-electron chi connectivity index (χ0n) is 30.7. The van der Waals surface area contributed by atoms with Gasteiger partial charge in [0.15, 0.2) is 0 Å². The highest BCUT2D eigenvalue weighted by molar-refractivity contribution is 5.97. The number of rotatable bonds is 0. The number of nitrogens with zero attached hydrogens (tertiary/aromatic N) is 6. The molecular formula is C46H38N6O4. The Kier molecular flexibility index (Phi) is 9.14. The van der Waals surface area contributed by atoms with Crippen molar-refractivity contribution in [2.24, 2.45) is 0 Å². The molecule has 0 saturated carbocycles. The van der Waals surface area contributed by atoms with E-state index < -0.39 is 0 Å². The molecule has 0 radical (unpaired) electrons. The van der Waals surface area contributed by atoms with Crippen LogP contribution in [0.25, 0.3) is 0 Å². The maximum Gasteiger partial charge on any atom is 0.273 e. The van der Waals surface area contributed by atoms with Crippen LogP contribution in [0.15, 0.2) is 133 Å². The highest BCUT2D eigenvalue weighted by Gasteiger charge is 2.27. The Morgan fingerprint density at radius 3 is 0.661 bits per heavy atom. The van der Waals surface area contributed by atoms with E-state index in [1.165, 1.54) is 0 Å². The van der Waals surface area contributed by atoms with Gasteiger partial charge in [0.1, 0.15) is 22.8 Å². The van der Waals surface area contributed by atoms with Crippen LogP contribution >= 0.6 is 0 Å². The summed E-state index contributed by atoms with van der Waals surface area (Å²) in [6.45, 7) is 2.27. The smallest absolute Gasteiger partial charge is 0.273 e. The number of aromatic nitrogens is 2. The molecular weight excluding hydrogens is 701 g/mol. The van der Waals surface area contributed by atoms with Crippen LogP contribution in [0, 0.1) is 0 Å². The fraction of sp³-hybridized carbons (Fsp3) is 0.174. The minimum absolute atomic E-state index is 0.180. The first-order valence-corrected chi connectivity index (χ1v) is 18.7. The fourth-order valence-corrected chi connectivity index (χ4v) is 7.86. The second-order valence-electron chi connectivity index (χ2n) is 14.7. The molecule has 0 saturated heterocycles. The van der Waals surface area contributed by atoms with Crippen molar-refractivity contribution in [1.82, 2.24) is 29.6 Å². The minimum atomic E-state index is -0.294. The van der Waals surface area contributed by atoms with Gasteiger partial charge in [0.25, 0.3) is 23.6 Å². The first-order chi connectivity index (χ1) is 27.3. The lowest BCUT2D eigenvalue weighted by molar-refractivity contribution is 0.0708. The van der Waals surface area contributed by atoms with E-state index in [1.54, 1.807) is 56.0 Å². The molecule has 5 heterocycles. The minimum Gasteiger partial charge on any atom is -0.329 e. The highest BCUT2D eigenvalue weighted by atomic mass is 16.2. The van der Waals surface area contributed by atoms with E-state index in [1.807, 2.05) is 97.1 Å². The number of pyridine rings is 2. The molecule has 0 unspecified atom stereocenters. The standard InChI is InChI=1S/C46H38N6O4/c53-43-39-15-5-17-41(47-39)45(55)51-27-35-11-3-12-36(21-35)28-52(30-38-14-4-13-37(22-38)29-51)46(56)42-18-6-16-40(48-42)44(54)50-24-32-8-1-7-31(19-32)23-49(43)25-33-9-2-10-34(20-33)26-50/h1-22H,23-30H2. The molecule has 4 aromatic carbocycles. The molecule has 3 aliphatic heterocycles. The molecule has 10 heteroatoms. The third-order valence-electron chi connectivity index (χ3n) is 10.5. The summed E-state index contributed by atoms with van der Waals surface area (Å²) < 4.78 is 0. The molecule has 0 spiro atoms. The van der Waals surface area contributed by atoms with Gasteiger partial charge in [-0.2, -0.15) is 0 Å². The molecule has 0 atom stereocenters. The number of hydrogen-bond donors (Lipinski definition) is 0. The van der Waals surface area contributed by atoms with Gasteiger partial charge in [0, 0.05) is 52.4 Å². The van der Waals surface area contributed by atoms with E-state index in [4.69, 9.17) is 9.97 Å². The number of carbonyl (C=O) groups is 4. The van der Waals surface area contributed by atoms with Crippen LogP contribution in [0.3, 0.4) is 0 Å². The average molecular weight is 739 g/mol. The summed E-state index contributed by atoms with van der Waals surface area (Å²) in [5.41, 5.74) is 7.81. The van der Waals surface area contributed by atoms with Gasteiger partial charge in [-0.25, -0.2) is 9.97 Å². The molecule has 0 aliphatic carbocycles. The number of hydrogen-bond acceptors (Lipinski definition) is 6. The van der Waals surface area contributed by atoms with E-state index >= 15 is 0 Å². The Hall–Kier alpha value is -6.94. The van der Waals surface area contributed by atoms with Gasteiger partial charge >= 0.3 is 0 Å². The maximum atomic E-state index is 14.5. The van der Waals surface area contributed by atoms with Gasteiger partial charge in [-0.15, -0.1) is 0 Å². The SMILES string of the molecule is O=C1c2cccc(n2)C(=O)N2Cc3cccc(c3)CN(Cc3cccc(c3)C2)C(=O)c2cccc(n2)C(=O)N2Cc3cccc(c3)CN1Cc1cccc(c1)C2. The number of amides is 4. The first kappa shape index (κ1) is 34.8. The van der Waals surface area contributed by atoms with Crippen LogP contribution in [0.1, 0.15) is 86.5 Å². The van der Waals surface area contributed by atoms with E-state index in [9.17, 15) is 19.2 Å². The second-order valence-corrected chi connectivity index (χ2v) is 14.7. The Bertz CT molecular complexity index is 2110. The predicted molar refractivity (Wildman–Crippen MR) is 209 cm³/mol. The third kappa shape index (κ3) is 7.29. The summed E-state index contributed by atoms with van der Waals surface area (Å²) in [4.78, 5) is 74.2. The van der Waals surface area contributed by atoms with Gasteiger partial charge in [-0.1, -0.05) is 109 Å². The van der Waals surface area contributed by atoms with Gasteiger partial charge in [0.2, 0.25) is 0 Å². The summed E-state index contributed by atoms with van der Waals surface area (Å²) in [5, 5.41) is 0. The second kappa shape index (κ2) is 14.7. The molecule has 10 nitrogen and oxygen atoms in total. The topological polar surface area (TPSA) is 107 Å². The van der Waals surface area contributed by atoms with Crippen molar-refractivity contribution < 1.29 is 19.2 Å². The summed E-state index contributed by atoms with van der Waals surface area (Å²) >= 11 is 0. The molecule has 16 bridgehead atoms. The number of benzene rings is 4. The van der Waals surface area contributed by atoms with Crippen LogP contribution < -0.4 is 0 Å². The van der Waals surface area contributed by atoms with E-state index in [0.717, 1.165) is 44.5 Å². The van der Waals surface area contributed by atoms with Gasteiger partial charge < -0.3 is 19.6 Å². The lowest BCUT2D eigenvalue weighted by Crippen LogP contribution is -2.35. The average Bonchev–Trinajstić information content (AvgIpc) is 3.21. The van der Waals surface area contributed by atoms with Crippen molar-refractivity contribution in [3.8, 4) is 0 Å². The monoisotopic (exact) mass is 738 g/mol. The van der Waals surface area contributed by atoms with Crippen LogP contribution in [-0.4, -0.2) is 53.2 Å². The van der Waals surface area contributed by atoms with Crippen molar-refractivity contribution in [3.05, 3.63) is 201 Å². The van der Waals surface area contributed by atoms with E-state index in [-0.39, 0.29) is 98.8 Å². The van der Waals surface area contributed by atoms with E-state index in [2.05, 4.69) is 0 Å². The normalized spacial score (nSPS) is 16.0. The number of fused-ring (bicyclic) bond motifs is 12.